The Hall–Kier alpha value is -1.51. The van der Waals surface area contributed by atoms with E-state index in [1.165, 1.54) is 17.4 Å². The lowest BCUT2D eigenvalue weighted by molar-refractivity contribution is 0.397. The number of aromatic nitrogens is 2. The molecule has 0 atom stereocenters. The monoisotopic (exact) mass is 301 g/mol. The van der Waals surface area contributed by atoms with Crippen molar-refractivity contribution in [1.29, 1.82) is 0 Å². The van der Waals surface area contributed by atoms with Crippen molar-refractivity contribution in [2.24, 2.45) is 0 Å². The minimum absolute atomic E-state index is 0.229. The lowest BCUT2D eigenvalue weighted by Crippen LogP contribution is -2.04. The molecule has 0 unspecified atom stereocenters. The lowest BCUT2D eigenvalue weighted by atomic mass is 10.2. The van der Waals surface area contributed by atoms with Crippen LogP contribution < -0.4 is 5.73 Å². The number of aryl methyl sites for hydroxylation is 2. The van der Waals surface area contributed by atoms with Gasteiger partial charge < -0.3 is 5.73 Å². The first-order valence-corrected chi connectivity index (χ1v) is 7.51. The van der Waals surface area contributed by atoms with Gasteiger partial charge in [0.25, 0.3) is 10.1 Å². The van der Waals surface area contributed by atoms with Gasteiger partial charge in [-0.3, -0.25) is 4.18 Å². The molecule has 0 aliphatic heterocycles. The van der Waals surface area contributed by atoms with Crippen LogP contribution in [-0.4, -0.2) is 25.7 Å². The van der Waals surface area contributed by atoms with Crippen LogP contribution in [-0.2, 0) is 14.3 Å². The summed E-state index contributed by atoms with van der Waals surface area (Å²) in [6.07, 6.45) is 0. The van der Waals surface area contributed by atoms with E-state index in [2.05, 4.69) is 14.4 Å². The molecule has 0 bridgehead atoms. The molecule has 0 spiro atoms. The van der Waals surface area contributed by atoms with Crippen molar-refractivity contribution in [3.8, 4) is 0 Å². The molecule has 0 aliphatic carbocycles. The number of nitrogens with two attached hydrogens (primary N) is 1. The summed E-state index contributed by atoms with van der Waals surface area (Å²) < 4.78 is 26.8. The van der Waals surface area contributed by atoms with Crippen molar-refractivity contribution in [2.75, 3.05) is 12.8 Å². The Bertz CT molecular complexity index is 622. The zero-order valence-electron chi connectivity index (χ0n) is 10.8. The van der Waals surface area contributed by atoms with Crippen LogP contribution in [0.1, 0.15) is 10.6 Å². The molecule has 0 aliphatic rings. The van der Waals surface area contributed by atoms with Gasteiger partial charge in [-0.25, -0.2) is 0 Å². The molecule has 1 heterocycles. The summed E-state index contributed by atoms with van der Waals surface area (Å²) in [5.41, 5.74) is 5.92. The summed E-state index contributed by atoms with van der Waals surface area (Å²) >= 11 is 1.40. The standard InChI is InChI=1S/C8H10O3S.C3H5N3S/c1-7-5-3-4-6-8(7)12(9,10)11-2;1-2-5-6-3(4)7-2/h3-6H,1-2H3;1H3,(H2,4,6). The van der Waals surface area contributed by atoms with Crippen LogP contribution >= 0.6 is 11.3 Å². The average Bonchev–Trinajstić information content (AvgIpc) is 2.74. The summed E-state index contributed by atoms with van der Waals surface area (Å²) in [5.74, 6) is 0. The van der Waals surface area contributed by atoms with E-state index in [1.54, 1.807) is 25.1 Å². The van der Waals surface area contributed by atoms with Crippen LogP contribution in [0.25, 0.3) is 0 Å². The molecule has 0 amide bonds. The normalized spacial score (nSPS) is 10.7. The number of nitrogen functional groups attached to an aromatic ring is 1. The van der Waals surface area contributed by atoms with Gasteiger partial charge in [-0.2, -0.15) is 8.42 Å². The van der Waals surface area contributed by atoms with Gasteiger partial charge in [0.15, 0.2) is 0 Å². The number of rotatable bonds is 2. The smallest absolute Gasteiger partial charge is 0.296 e. The third kappa shape index (κ3) is 4.58. The highest BCUT2D eigenvalue weighted by molar-refractivity contribution is 7.86. The van der Waals surface area contributed by atoms with Crippen LogP contribution in [0.2, 0.25) is 0 Å². The van der Waals surface area contributed by atoms with Crippen LogP contribution in [0.4, 0.5) is 5.13 Å². The zero-order chi connectivity index (χ0) is 14.5. The molecular weight excluding hydrogens is 286 g/mol. The van der Waals surface area contributed by atoms with E-state index in [9.17, 15) is 8.42 Å². The van der Waals surface area contributed by atoms with Crippen molar-refractivity contribution in [2.45, 2.75) is 18.7 Å². The van der Waals surface area contributed by atoms with E-state index in [0.717, 1.165) is 12.1 Å². The molecule has 19 heavy (non-hydrogen) atoms. The molecule has 0 saturated carbocycles. The van der Waals surface area contributed by atoms with Crippen molar-refractivity contribution in [3.05, 3.63) is 34.8 Å². The maximum atomic E-state index is 11.2. The second kappa shape index (κ2) is 6.60. The fourth-order valence-electron chi connectivity index (χ4n) is 1.24. The molecular formula is C11H15N3O3S2. The number of benzene rings is 1. The Kier molecular flexibility index (Phi) is 5.40. The van der Waals surface area contributed by atoms with Gasteiger partial charge >= 0.3 is 0 Å². The summed E-state index contributed by atoms with van der Waals surface area (Å²) in [6.45, 7) is 3.60. The average molecular weight is 301 g/mol. The van der Waals surface area contributed by atoms with Gasteiger partial charge in [-0.1, -0.05) is 29.5 Å². The molecule has 2 N–H and O–H groups in total. The minimum atomic E-state index is -3.53. The van der Waals surface area contributed by atoms with Gasteiger partial charge in [0.1, 0.15) is 5.01 Å². The molecule has 2 rings (SSSR count). The van der Waals surface area contributed by atoms with Gasteiger partial charge in [-0.15, -0.1) is 10.2 Å². The summed E-state index contributed by atoms with van der Waals surface area (Å²) in [6, 6.07) is 6.70. The van der Waals surface area contributed by atoms with Gasteiger partial charge in [0, 0.05) is 0 Å². The maximum absolute atomic E-state index is 11.2. The predicted octanol–water partition coefficient (Wildman–Crippen LogP) is 1.76. The molecule has 1 aromatic carbocycles. The molecule has 1 aromatic heterocycles. The Morgan fingerprint density at radius 1 is 1.21 bits per heavy atom. The SMILES string of the molecule is COS(=O)(=O)c1ccccc1C.Cc1nnc(N)s1. The molecule has 2 aromatic rings. The first-order chi connectivity index (χ1) is 8.86. The Morgan fingerprint density at radius 2 is 1.84 bits per heavy atom. The molecule has 0 saturated heterocycles. The van der Waals surface area contributed by atoms with E-state index in [1.807, 2.05) is 6.92 Å². The number of anilines is 1. The van der Waals surface area contributed by atoms with Crippen LogP contribution in [0.15, 0.2) is 29.2 Å². The molecule has 0 radical (unpaired) electrons. The molecule has 8 heteroatoms. The van der Waals surface area contributed by atoms with Crippen LogP contribution in [0, 0.1) is 13.8 Å². The topological polar surface area (TPSA) is 95.2 Å². The molecule has 104 valence electrons. The fourth-order valence-corrected chi connectivity index (χ4v) is 2.59. The highest BCUT2D eigenvalue weighted by Crippen LogP contribution is 2.15. The third-order valence-corrected chi connectivity index (χ3v) is 4.23. The van der Waals surface area contributed by atoms with Crippen molar-refractivity contribution < 1.29 is 12.6 Å². The summed E-state index contributed by atoms with van der Waals surface area (Å²) in [7, 11) is -2.37. The highest BCUT2D eigenvalue weighted by atomic mass is 32.2. The first-order valence-electron chi connectivity index (χ1n) is 5.28. The summed E-state index contributed by atoms with van der Waals surface area (Å²) in [5, 5.41) is 8.68. The Labute approximate surface area is 116 Å². The Morgan fingerprint density at radius 3 is 2.21 bits per heavy atom. The van der Waals surface area contributed by atoms with Gasteiger partial charge in [0.05, 0.1) is 12.0 Å². The maximum Gasteiger partial charge on any atom is 0.296 e. The van der Waals surface area contributed by atoms with E-state index < -0.39 is 10.1 Å². The molecule has 0 fully saturated rings. The first kappa shape index (κ1) is 15.5. The number of hydrogen-bond donors (Lipinski definition) is 1. The van der Waals surface area contributed by atoms with Crippen molar-refractivity contribution >= 4 is 26.6 Å². The van der Waals surface area contributed by atoms with Gasteiger partial charge in [0.2, 0.25) is 5.13 Å². The largest absolute Gasteiger partial charge is 0.374 e. The van der Waals surface area contributed by atoms with E-state index in [-0.39, 0.29) is 4.90 Å². The highest BCUT2D eigenvalue weighted by Gasteiger charge is 2.14. The quantitative estimate of drug-likeness (QED) is 0.849. The van der Waals surface area contributed by atoms with Gasteiger partial charge in [-0.05, 0) is 25.5 Å². The number of hydrogen-bond acceptors (Lipinski definition) is 7. The Balaban J connectivity index is 0.000000218. The summed E-state index contributed by atoms with van der Waals surface area (Å²) in [4.78, 5) is 0.229. The fraction of sp³-hybridized carbons (Fsp3) is 0.273. The molecule has 6 nitrogen and oxygen atoms in total. The van der Waals surface area contributed by atoms with Crippen molar-refractivity contribution in [3.63, 3.8) is 0 Å². The van der Waals surface area contributed by atoms with E-state index in [4.69, 9.17) is 5.73 Å². The van der Waals surface area contributed by atoms with E-state index >= 15 is 0 Å². The van der Waals surface area contributed by atoms with Crippen LogP contribution in [0.3, 0.4) is 0 Å². The second-order valence-corrected chi connectivity index (χ2v) is 6.44. The second-order valence-electron chi connectivity index (χ2n) is 3.55. The number of nitrogens with zero attached hydrogens (tertiary/aromatic N) is 2. The predicted molar refractivity (Wildman–Crippen MR) is 74.4 cm³/mol. The minimum Gasteiger partial charge on any atom is -0.374 e. The third-order valence-electron chi connectivity index (χ3n) is 2.12. The van der Waals surface area contributed by atoms with Crippen molar-refractivity contribution in [1.82, 2.24) is 10.2 Å². The zero-order valence-corrected chi connectivity index (χ0v) is 12.5. The lowest BCUT2D eigenvalue weighted by Gasteiger charge is -2.03. The van der Waals surface area contributed by atoms with E-state index in [0.29, 0.717) is 10.7 Å². The van der Waals surface area contributed by atoms with Crippen LogP contribution in [0.5, 0.6) is 0 Å².